The molecule has 0 spiro atoms. The van der Waals surface area contributed by atoms with Crippen molar-refractivity contribution in [2.24, 2.45) is 0 Å². The second-order valence-corrected chi connectivity index (χ2v) is 28.2. The van der Waals surface area contributed by atoms with Crippen molar-refractivity contribution in [1.29, 1.82) is 0 Å². The average molecular weight is 1580 g/mol. The average Bonchev–Trinajstić information content (AvgIpc) is 3.45. The summed E-state index contributed by atoms with van der Waals surface area (Å²) in [6.45, 7) is 39.3. The molecule has 0 aromatic heterocycles. The SMILES string of the molecule is CCCCCN(CCCCC)C(=S)[S-].CCCCCN(CCCCC)C(=S)[S-].CCCCCN(CCCCC)C(=S)[S-].CCCCCN(CCCCC)C(=S)[S-].CCCCCN(CCCCC)C(=S)[S-].CCCCCN(CCCCC)C(=S)[S-].[W+6]. The Kier molecular flexibility index (Phi) is 98.0. The van der Waals surface area contributed by atoms with E-state index in [2.05, 4.69) is 112 Å². The third-order valence-electron chi connectivity index (χ3n) is 13.9. The van der Waals surface area contributed by atoms with Crippen LogP contribution in [0.5, 0.6) is 0 Å². The van der Waals surface area contributed by atoms with E-state index in [-0.39, 0.29) is 21.1 Å². The second kappa shape index (κ2) is 83.4. The first-order valence-corrected chi connectivity index (χ1v) is 39.0. The number of unbranched alkanes of at least 4 members (excludes halogenated alkanes) is 24. The van der Waals surface area contributed by atoms with Crippen LogP contribution in [0.1, 0.15) is 314 Å². The molecule has 0 aromatic carbocycles. The van der Waals surface area contributed by atoms with Crippen LogP contribution in [0, 0.1) is 0 Å². The molecule has 0 aliphatic rings. The van der Waals surface area contributed by atoms with Crippen molar-refractivity contribution in [1.82, 2.24) is 29.4 Å². The smallest absolute Gasteiger partial charge is 0.411 e. The summed E-state index contributed by atoms with van der Waals surface area (Å²) in [5.74, 6) is 0. The van der Waals surface area contributed by atoms with E-state index >= 15 is 0 Å². The molecule has 19 heteroatoms. The van der Waals surface area contributed by atoms with Gasteiger partial charge in [0.1, 0.15) is 0 Å². The predicted molar refractivity (Wildman–Crippen MR) is 424 cm³/mol. The summed E-state index contributed by atoms with van der Waals surface area (Å²) in [6, 6.07) is 0. The normalized spacial score (nSPS) is 10.0. The van der Waals surface area contributed by atoms with Crippen molar-refractivity contribution in [3.8, 4) is 0 Å². The van der Waals surface area contributed by atoms with Gasteiger partial charge < -0.3 is 178 Å². The Hall–Kier alpha value is 1.35. The number of rotatable bonds is 48. The van der Waals surface area contributed by atoms with Gasteiger partial charge in [-0.25, -0.2) is 0 Å². The molecule has 6 nitrogen and oxygen atoms in total. The van der Waals surface area contributed by atoms with Crippen molar-refractivity contribution in [3.63, 3.8) is 0 Å². The fraction of sp³-hybridized carbons (Fsp3) is 0.909. The van der Waals surface area contributed by atoms with E-state index in [1.54, 1.807) is 0 Å². The first kappa shape index (κ1) is 99.9. The van der Waals surface area contributed by atoms with Gasteiger partial charge in [0.05, 0.1) is 0 Å². The number of hydrogen-bond acceptors (Lipinski definition) is 12. The summed E-state index contributed by atoms with van der Waals surface area (Å²) in [4.78, 5) is 13.1. The van der Waals surface area contributed by atoms with Gasteiger partial charge in [-0.1, -0.05) is 263 Å². The molecule has 0 aliphatic carbocycles. The monoisotopic (exact) mass is 1580 g/mol. The molecule has 0 aliphatic heterocycles. The maximum Gasteiger partial charge on any atom is 6.00 e. The molecule has 0 saturated carbocycles. The van der Waals surface area contributed by atoms with Gasteiger partial charge in [-0.05, 0) is 77.0 Å². The molecule has 0 saturated heterocycles. The largest absolute Gasteiger partial charge is 6.00 e. The second-order valence-electron chi connectivity index (χ2n) is 22.0. The van der Waals surface area contributed by atoms with Gasteiger partial charge in [0, 0.05) is 78.5 Å². The molecule has 85 heavy (non-hydrogen) atoms. The van der Waals surface area contributed by atoms with Gasteiger partial charge in [0.2, 0.25) is 0 Å². The van der Waals surface area contributed by atoms with E-state index in [0.29, 0.717) is 25.9 Å². The van der Waals surface area contributed by atoms with Crippen LogP contribution in [-0.2, 0) is 96.8 Å². The third kappa shape index (κ3) is 81.4. The fourth-order valence-corrected chi connectivity index (χ4v) is 10.6. The Morgan fingerprint density at radius 3 is 0.294 bits per heavy atom. The van der Waals surface area contributed by atoms with Crippen LogP contribution < -0.4 is 0 Å². The van der Waals surface area contributed by atoms with Gasteiger partial charge in [-0.3, -0.25) is 0 Å². The number of thiocarbonyl (C=S) groups is 6. The molecule has 0 fully saturated rings. The summed E-state index contributed by atoms with van der Waals surface area (Å²) in [7, 11) is 0. The maximum atomic E-state index is 5.06. The quantitative estimate of drug-likeness (QED) is 0.0327. The van der Waals surface area contributed by atoms with Crippen molar-refractivity contribution in [2.75, 3.05) is 78.5 Å². The van der Waals surface area contributed by atoms with Gasteiger partial charge >= 0.3 is 21.1 Å². The molecular formula is C66H132N6S12W. The molecule has 504 valence electrons. The van der Waals surface area contributed by atoms with Gasteiger partial charge in [0.25, 0.3) is 0 Å². The summed E-state index contributed by atoms with van der Waals surface area (Å²) in [6.07, 6.45) is 45.1. The molecule has 0 bridgehead atoms. The first-order chi connectivity index (χ1) is 40.3. The van der Waals surface area contributed by atoms with E-state index < -0.39 is 0 Å². The van der Waals surface area contributed by atoms with Crippen molar-refractivity contribution in [3.05, 3.63) is 0 Å². The minimum absolute atomic E-state index is 0. The Morgan fingerprint density at radius 1 is 0.176 bits per heavy atom. The van der Waals surface area contributed by atoms with E-state index in [0.717, 1.165) is 78.5 Å². The van der Waals surface area contributed by atoms with Crippen LogP contribution in [0.2, 0.25) is 0 Å². The maximum absolute atomic E-state index is 5.06. The first-order valence-electron chi connectivity index (χ1n) is 34.1. The topological polar surface area (TPSA) is 19.4 Å². The minimum atomic E-state index is 0. The van der Waals surface area contributed by atoms with E-state index in [1.165, 1.54) is 231 Å². The predicted octanol–water partition coefficient (Wildman–Crippen LogP) is 21.0. The van der Waals surface area contributed by atoms with Crippen molar-refractivity contribution < 1.29 is 21.1 Å². The Bertz CT molecular complexity index is 1100. The molecule has 0 radical (unpaired) electrons. The Balaban J connectivity index is -0.000000171. The van der Waals surface area contributed by atoms with Crippen LogP contribution in [0.25, 0.3) is 0 Å². The Labute approximate surface area is 612 Å². The van der Waals surface area contributed by atoms with Gasteiger partial charge in [0.15, 0.2) is 0 Å². The van der Waals surface area contributed by atoms with E-state index in [4.69, 9.17) is 149 Å². The summed E-state index contributed by atoms with van der Waals surface area (Å²) in [5, 5.41) is 0. The standard InChI is InChI=1S/6C11H23NS2.W/c6*1-3-5-7-9-12(11(13)14)10-8-6-4-2;/h6*3-10H2,1-2H3,(H,13,14);/q;;;;;;+6/p-6. The number of hydrogen-bond donors (Lipinski definition) is 0. The number of nitrogens with zero attached hydrogens (tertiary/aromatic N) is 6. The summed E-state index contributed by atoms with van der Waals surface area (Å²) < 4.78 is 3.90. The van der Waals surface area contributed by atoms with E-state index in [9.17, 15) is 0 Å². The molecular weight excluding hydrogens is 1450 g/mol. The molecule has 0 unspecified atom stereocenters. The zero-order valence-electron chi connectivity index (χ0n) is 56.9. The minimum Gasteiger partial charge on any atom is -0.411 e. The van der Waals surface area contributed by atoms with Crippen LogP contribution >= 0.6 is 73.3 Å². The Morgan fingerprint density at radius 2 is 0.247 bits per heavy atom. The zero-order chi connectivity index (χ0) is 64.9. The molecule has 0 atom stereocenters. The third-order valence-corrected chi connectivity index (χ3v) is 17.0. The van der Waals surface area contributed by atoms with Crippen LogP contribution in [0.15, 0.2) is 0 Å². The molecule has 0 rings (SSSR count). The van der Waals surface area contributed by atoms with Crippen molar-refractivity contribution >= 4 is 175 Å². The molecule has 0 N–H and O–H groups in total. The summed E-state index contributed by atoms with van der Waals surface area (Å²) >= 11 is 60.7. The van der Waals surface area contributed by atoms with Gasteiger partial charge in [-0.2, -0.15) is 0 Å². The zero-order valence-corrected chi connectivity index (χ0v) is 69.7. The molecule has 0 heterocycles. The van der Waals surface area contributed by atoms with Gasteiger partial charge in [-0.15, -0.1) is 0 Å². The van der Waals surface area contributed by atoms with Crippen LogP contribution in [0.4, 0.5) is 0 Å². The van der Waals surface area contributed by atoms with Crippen molar-refractivity contribution in [2.45, 2.75) is 314 Å². The molecule has 0 aromatic rings. The van der Waals surface area contributed by atoms with E-state index in [1.807, 2.05) is 0 Å². The fourth-order valence-electron chi connectivity index (χ4n) is 8.40. The van der Waals surface area contributed by atoms with Crippen LogP contribution in [-0.4, -0.2) is 134 Å². The van der Waals surface area contributed by atoms with Crippen LogP contribution in [0.3, 0.4) is 0 Å². The summed E-state index contributed by atoms with van der Waals surface area (Å²) in [5.41, 5.74) is 0. The molecule has 0 amide bonds.